The molecule has 1 aromatic heterocycles. The first-order chi connectivity index (χ1) is 13.0. The van der Waals surface area contributed by atoms with Gasteiger partial charge >= 0.3 is 6.03 Å². The Morgan fingerprint density at radius 1 is 1.26 bits per heavy atom. The Bertz CT molecular complexity index is 1020. The van der Waals surface area contributed by atoms with Crippen molar-refractivity contribution in [1.82, 2.24) is 20.9 Å². The van der Waals surface area contributed by atoms with Gasteiger partial charge in [0.05, 0.1) is 6.04 Å². The molecule has 1 unspecified atom stereocenters. The Morgan fingerprint density at radius 3 is 2.70 bits per heavy atom. The highest BCUT2D eigenvalue weighted by Crippen LogP contribution is 2.27. The van der Waals surface area contributed by atoms with E-state index in [0.717, 1.165) is 16.6 Å². The fraction of sp³-hybridized carbons (Fsp3) is 0.211. The van der Waals surface area contributed by atoms with Crippen molar-refractivity contribution < 1.29 is 14.0 Å². The van der Waals surface area contributed by atoms with Gasteiger partial charge in [-0.3, -0.25) is 4.79 Å². The third-order valence-electron chi connectivity index (χ3n) is 4.43. The molecule has 3 aromatic rings. The SMILES string of the molecule is Cc1nc2ccc([C@H](NC(=O)C3CNC(=O)N3)c3ccc(Cl)cc3)cc2o1. The molecule has 138 valence electrons. The lowest BCUT2D eigenvalue weighted by Crippen LogP contribution is -2.44. The Kier molecular flexibility index (Phi) is 4.45. The van der Waals surface area contributed by atoms with Crippen LogP contribution in [0.25, 0.3) is 11.1 Å². The van der Waals surface area contributed by atoms with Crippen LogP contribution in [-0.2, 0) is 4.79 Å². The largest absolute Gasteiger partial charge is 0.441 e. The van der Waals surface area contributed by atoms with Gasteiger partial charge < -0.3 is 20.4 Å². The molecule has 1 aliphatic rings. The number of nitrogens with zero attached hydrogens (tertiary/aromatic N) is 1. The van der Waals surface area contributed by atoms with Crippen molar-refractivity contribution >= 4 is 34.6 Å². The van der Waals surface area contributed by atoms with Gasteiger partial charge in [-0.05, 0) is 35.4 Å². The van der Waals surface area contributed by atoms with Gasteiger partial charge in [0, 0.05) is 18.5 Å². The topological polar surface area (TPSA) is 96.3 Å². The second-order valence-electron chi connectivity index (χ2n) is 6.36. The van der Waals surface area contributed by atoms with Crippen molar-refractivity contribution in [2.45, 2.75) is 19.0 Å². The van der Waals surface area contributed by atoms with Gasteiger partial charge in [0.25, 0.3) is 0 Å². The van der Waals surface area contributed by atoms with Crippen LogP contribution in [0.5, 0.6) is 0 Å². The summed E-state index contributed by atoms with van der Waals surface area (Å²) in [6, 6.07) is 11.5. The molecule has 3 N–H and O–H groups in total. The Morgan fingerprint density at radius 2 is 2.00 bits per heavy atom. The van der Waals surface area contributed by atoms with E-state index in [-0.39, 0.29) is 18.5 Å². The van der Waals surface area contributed by atoms with Crippen LogP contribution in [0.4, 0.5) is 4.79 Å². The number of amides is 3. The molecular weight excluding hydrogens is 368 g/mol. The fourth-order valence-corrected chi connectivity index (χ4v) is 3.23. The highest BCUT2D eigenvalue weighted by molar-refractivity contribution is 6.30. The monoisotopic (exact) mass is 384 g/mol. The fourth-order valence-electron chi connectivity index (χ4n) is 3.11. The van der Waals surface area contributed by atoms with Crippen molar-refractivity contribution in [3.05, 3.63) is 64.5 Å². The minimum Gasteiger partial charge on any atom is -0.441 e. The summed E-state index contributed by atoms with van der Waals surface area (Å²) in [5.74, 6) is 0.302. The maximum absolute atomic E-state index is 12.7. The number of benzene rings is 2. The molecule has 1 fully saturated rings. The maximum atomic E-state index is 12.7. The van der Waals surface area contributed by atoms with E-state index < -0.39 is 12.1 Å². The van der Waals surface area contributed by atoms with E-state index in [9.17, 15) is 9.59 Å². The molecule has 2 heterocycles. The average molecular weight is 385 g/mol. The quantitative estimate of drug-likeness (QED) is 0.644. The van der Waals surface area contributed by atoms with Crippen LogP contribution in [-0.4, -0.2) is 29.5 Å². The summed E-state index contributed by atoms with van der Waals surface area (Å²) in [6.45, 7) is 2.03. The van der Waals surface area contributed by atoms with Gasteiger partial charge in [0.2, 0.25) is 5.91 Å². The number of rotatable bonds is 4. The van der Waals surface area contributed by atoms with Crippen LogP contribution in [0.15, 0.2) is 46.9 Å². The van der Waals surface area contributed by atoms with Crippen LogP contribution in [0.1, 0.15) is 23.1 Å². The second-order valence-corrected chi connectivity index (χ2v) is 6.80. The first kappa shape index (κ1) is 17.4. The van der Waals surface area contributed by atoms with Crippen molar-refractivity contribution in [2.24, 2.45) is 0 Å². The lowest BCUT2D eigenvalue weighted by Gasteiger charge is -2.21. The molecule has 2 atom stereocenters. The molecule has 7 nitrogen and oxygen atoms in total. The highest BCUT2D eigenvalue weighted by atomic mass is 35.5. The molecule has 0 spiro atoms. The Balaban J connectivity index is 1.69. The normalized spacial score (nSPS) is 17.4. The van der Waals surface area contributed by atoms with Gasteiger partial charge in [0.1, 0.15) is 11.6 Å². The minimum atomic E-state index is -0.622. The third-order valence-corrected chi connectivity index (χ3v) is 4.68. The molecule has 0 radical (unpaired) electrons. The van der Waals surface area contributed by atoms with E-state index in [1.165, 1.54) is 0 Å². The van der Waals surface area contributed by atoms with Gasteiger partial charge in [-0.25, -0.2) is 9.78 Å². The number of nitrogens with one attached hydrogen (secondary N) is 3. The smallest absolute Gasteiger partial charge is 0.315 e. The van der Waals surface area contributed by atoms with E-state index in [2.05, 4.69) is 20.9 Å². The van der Waals surface area contributed by atoms with E-state index in [1.807, 2.05) is 30.3 Å². The minimum absolute atomic E-state index is 0.248. The van der Waals surface area contributed by atoms with Crippen LogP contribution < -0.4 is 16.0 Å². The van der Waals surface area contributed by atoms with Gasteiger partial charge in [-0.15, -0.1) is 0 Å². The number of hydrogen-bond acceptors (Lipinski definition) is 4. The Hall–Kier alpha value is -3.06. The van der Waals surface area contributed by atoms with Crippen molar-refractivity contribution in [3.63, 3.8) is 0 Å². The zero-order valence-corrected chi connectivity index (χ0v) is 15.2. The summed E-state index contributed by atoms with van der Waals surface area (Å²) in [4.78, 5) is 28.3. The number of oxazole rings is 1. The molecule has 3 amide bonds. The molecule has 0 aliphatic carbocycles. The van der Waals surface area contributed by atoms with Gasteiger partial charge in [0.15, 0.2) is 11.5 Å². The lowest BCUT2D eigenvalue weighted by molar-refractivity contribution is -0.122. The molecule has 1 saturated heterocycles. The van der Waals surface area contributed by atoms with E-state index in [4.69, 9.17) is 16.0 Å². The van der Waals surface area contributed by atoms with E-state index in [0.29, 0.717) is 16.5 Å². The summed E-state index contributed by atoms with van der Waals surface area (Å²) in [6.07, 6.45) is 0. The number of fused-ring (bicyclic) bond motifs is 1. The lowest BCUT2D eigenvalue weighted by atomic mass is 9.98. The molecule has 0 bridgehead atoms. The van der Waals surface area contributed by atoms with Crippen LogP contribution >= 0.6 is 11.6 Å². The molecule has 8 heteroatoms. The number of halogens is 1. The summed E-state index contributed by atoms with van der Waals surface area (Å²) in [7, 11) is 0. The molecule has 0 saturated carbocycles. The summed E-state index contributed by atoms with van der Waals surface area (Å²) in [5.41, 5.74) is 3.10. The van der Waals surface area contributed by atoms with Crippen molar-refractivity contribution in [2.75, 3.05) is 6.54 Å². The average Bonchev–Trinajstić information content (AvgIpc) is 3.24. The zero-order valence-electron chi connectivity index (χ0n) is 14.5. The maximum Gasteiger partial charge on any atom is 0.315 e. The van der Waals surface area contributed by atoms with Gasteiger partial charge in [-0.2, -0.15) is 0 Å². The zero-order chi connectivity index (χ0) is 19.0. The molecule has 27 heavy (non-hydrogen) atoms. The summed E-state index contributed by atoms with van der Waals surface area (Å²) in [5, 5.41) is 8.79. The number of aromatic nitrogens is 1. The van der Waals surface area contributed by atoms with Crippen LogP contribution in [0.2, 0.25) is 5.02 Å². The number of urea groups is 1. The summed E-state index contributed by atoms with van der Waals surface area (Å²) < 4.78 is 5.62. The highest BCUT2D eigenvalue weighted by Gasteiger charge is 2.29. The third kappa shape index (κ3) is 3.59. The first-order valence-corrected chi connectivity index (χ1v) is 8.85. The number of aryl methyl sites for hydroxylation is 1. The molecule has 1 aliphatic heterocycles. The van der Waals surface area contributed by atoms with E-state index in [1.54, 1.807) is 19.1 Å². The standard InChI is InChI=1S/C19H17ClN4O3/c1-10-22-14-7-4-12(8-16(14)27-10)17(11-2-5-13(20)6-3-11)24-18(25)15-9-21-19(26)23-15/h2-8,15,17H,9H2,1H3,(H,24,25)(H2,21,23,26)/t15?,17-/m1/s1. The predicted octanol–water partition coefficient (Wildman–Crippen LogP) is 2.68. The van der Waals surface area contributed by atoms with Gasteiger partial charge in [-0.1, -0.05) is 29.8 Å². The molecule has 4 rings (SSSR count). The first-order valence-electron chi connectivity index (χ1n) is 8.47. The predicted molar refractivity (Wildman–Crippen MR) is 101 cm³/mol. The van der Waals surface area contributed by atoms with E-state index >= 15 is 0 Å². The number of hydrogen-bond donors (Lipinski definition) is 3. The van der Waals surface area contributed by atoms with Crippen LogP contribution in [0.3, 0.4) is 0 Å². The van der Waals surface area contributed by atoms with Crippen molar-refractivity contribution in [1.29, 1.82) is 0 Å². The second kappa shape index (κ2) is 6.92. The Labute approximate surface area is 160 Å². The molecule has 2 aromatic carbocycles. The number of carbonyl (C=O) groups excluding carboxylic acids is 2. The molecular formula is C19H17ClN4O3. The van der Waals surface area contributed by atoms with Crippen molar-refractivity contribution in [3.8, 4) is 0 Å². The van der Waals surface area contributed by atoms with Crippen LogP contribution in [0, 0.1) is 6.92 Å². The summed E-state index contributed by atoms with van der Waals surface area (Å²) >= 11 is 6.00. The number of carbonyl (C=O) groups is 2.